The van der Waals surface area contributed by atoms with Gasteiger partial charge in [-0.25, -0.2) is 0 Å². The van der Waals surface area contributed by atoms with Crippen molar-refractivity contribution >= 4 is 43.9 Å². The fourth-order valence-electron chi connectivity index (χ4n) is 1.86. The molecule has 3 rings (SSSR count). The first-order chi connectivity index (χ1) is 8.84. The Balaban J connectivity index is 1.94. The lowest BCUT2D eigenvalue weighted by Gasteiger charge is -2.09. The van der Waals surface area contributed by atoms with Crippen LogP contribution in [0.2, 0.25) is 0 Å². The van der Waals surface area contributed by atoms with E-state index in [0.29, 0.717) is 6.54 Å². The molecule has 0 unspecified atom stereocenters. The SMILES string of the molecule is Brc1ccc(NCc2csnn2)c2ccccc12. The van der Waals surface area contributed by atoms with Crippen molar-refractivity contribution in [2.75, 3.05) is 5.32 Å². The molecule has 0 fully saturated rings. The van der Waals surface area contributed by atoms with Crippen LogP contribution in [0, 0.1) is 0 Å². The number of hydrogen-bond acceptors (Lipinski definition) is 4. The lowest BCUT2D eigenvalue weighted by molar-refractivity contribution is 1.00. The summed E-state index contributed by atoms with van der Waals surface area (Å²) in [5.41, 5.74) is 2.08. The summed E-state index contributed by atoms with van der Waals surface area (Å²) in [5, 5.41) is 11.8. The third-order valence-corrected chi connectivity index (χ3v) is 3.98. The summed E-state index contributed by atoms with van der Waals surface area (Å²) in [7, 11) is 0. The lowest BCUT2D eigenvalue weighted by atomic mass is 10.1. The number of halogens is 1. The van der Waals surface area contributed by atoms with Crippen molar-refractivity contribution in [2.45, 2.75) is 6.54 Å². The highest BCUT2D eigenvalue weighted by molar-refractivity contribution is 9.10. The van der Waals surface area contributed by atoms with Crippen LogP contribution in [0.25, 0.3) is 10.8 Å². The highest BCUT2D eigenvalue weighted by Crippen LogP contribution is 2.30. The first-order valence-electron chi connectivity index (χ1n) is 5.51. The van der Waals surface area contributed by atoms with Gasteiger partial charge in [0.1, 0.15) is 0 Å². The average Bonchev–Trinajstić information content (AvgIpc) is 2.92. The molecule has 1 heterocycles. The van der Waals surface area contributed by atoms with Gasteiger partial charge in [-0.15, -0.1) is 5.10 Å². The van der Waals surface area contributed by atoms with Crippen molar-refractivity contribution in [2.24, 2.45) is 0 Å². The number of aromatic nitrogens is 2. The van der Waals surface area contributed by atoms with Gasteiger partial charge < -0.3 is 5.32 Å². The second-order valence-corrected chi connectivity index (χ2v) is 5.35. The van der Waals surface area contributed by atoms with E-state index in [1.54, 1.807) is 0 Å². The zero-order valence-electron chi connectivity index (χ0n) is 9.43. The Morgan fingerprint density at radius 1 is 1.11 bits per heavy atom. The van der Waals surface area contributed by atoms with Crippen molar-refractivity contribution in [3.05, 3.63) is 51.9 Å². The van der Waals surface area contributed by atoms with Gasteiger partial charge in [0, 0.05) is 20.9 Å². The van der Waals surface area contributed by atoms with Crippen molar-refractivity contribution in [1.29, 1.82) is 0 Å². The standard InChI is InChI=1S/C13H10BrN3S/c14-12-5-6-13(11-4-2-1-3-10(11)12)15-7-9-8-18-17-16-9/h1-6,8,15H,7H2. The molecule has 0 spiro atoms. The van der Waals surface area contributed by atoms with Gasteiger partial charge in [0.2, 0.25) is 0 Å². The normalized spacial score (nSPS) is 10.7. The highest BCUT2D eigenvalue weighted by Gasteiger charge is 2.04. The minimum atomic E-state index is 0.697. The lowest BCUT2D eigenvalue weighted by Crippen LogP contribution is -2.00. The molecule has 0 saturated carbocycles. The van der Waals surface area contributed by atoms with Crippen molar-refractivity contribution in [1.82, 2.24) is 9.59 Å². The van der Waals surface area contributed by atoms with Gasteiger partial charge in [0.15, 0.2) is 0 Å². The quantitative estimate of drug-likeness (QED) is 0.790. The van der Waals surface area contributed by atoms with Crippen LogP contribution in [0.15, 0.2) is 46.3 Å². The predicted molar refractivity (Wildman–Crippen MR) is 78.9 cm³/mol. The van der Waals surface area contributed by atoms with E-state index in [4.69, 9.17) is 0 Å². The summed E-state index contributed by atoms with van der Waals surface area (Å²) < 4.78 is 4.97. The molecular formula is C13H10BrN3S. The van der Waals surface area contributed by atoms with E-state index in [1.807, 2.05) is 17.5 Å². The Labute approximate surface area is 117 Å². The number of nitrogens with zero attached hydrogens (tertiary/aromatic N) is 2. The molecule has 0 radical (unpaired) electrons. The zero-order chi connectivity index (χ0) is 12.4. The summed E-state index contributed by atoms with van der Waals surface area (Å²) in [4.78, 5) is 0. The van der Waals surface area contributed by atoms with E-state index in [-0.39, 0.29) is 0 Å². The Bertz CT molecular complexity index is 667. The van der Waals surface area contributed by atoms with Crippen molar-refractivity contribution < 1.29 is 0 Å². The number of hydrogen-bond donors (Lipinski definition) is 1. The van der Waals surface area contributed by atoms with Crippen molar-refractivity contribution in [3.63, 3.8) is 0 Å². The number of nitrogens with one attached hydrogen (secondary N) is 1. The molecule has 2 aromatic carbocycles. The summed E-state index contributed by atoms with van der Waals surface area (Å²) >= 11 is 4.94. The number of fused-ring (bicyclic) bond motifs is 1. The van der Waals surface area contributed by atoms with E-state index in [9.17, 15) is 0 Å². The molecule has 90 valence electrons. The first kappa shape index (κ1) is 11.6. The van der Waals surface area contributed by atoms with E-state index in [2.05, 4.69) is 55.1 Å². The molecule has 3 nitrogen and oxygen atoms in total. The highest BCUT2D eigenvalue weighted by atomic mass is 79.9. The summed E-state index contributed by atoms with van der Waals surface area (Å²) in [5.74, 6) is 0. The van der Waals surface area contributed by atoms with Gasteiger partial charge in [-0.3, -0.25) is 0 Å². The molecule has 18 heavy (non-hydrogen) atoms. The fraction of sp³-hybridized carbons (Fsp3) is 0.0769. The molecule has 0 amide bonds. The zero-order valence-corrected chi connectivity index (χ0v) is 11.8. The van der Waals surface area contributed by atoms with E-state index < -0.39 is 0 Å². The van der Waals surface area contributed by atoms with Gasteiger partial charge in [-0.05, 0) is 29.1 Å². The minimum absolute atomic E-state index is 0.697. The third kappa shape index (κ3) is 2.23. The van der Waals surface area contributed by atoms with E-state index in [0.717, 1.165) is 15.9 Å². The minimum Gasteiger partial charge on any atom is -0.379 e. The van der Waals surface area contributed by atoms with Crippen LogP contribution in [0.3, 0.4) is 0 Å². The number of rotatable bonds is 3. The maximum atomic E-state index is 4.03. The topological polar surface area (TPSA) is 37.8 Å². The van der Waals surface area contributed by atoms with Gasteiger partial charge in [0.05, 0.1) is 12.2 Å². The molecule has 3 aromatic rings. The third-order valence-electron chi connectivity index (χ3n) is 2.74. The molecule has 1 aromatic heterocycles. The Morgan fingerprint density at radius 2 is 1.94 bits per heavy atom. The van der Waals surface area contributed by atoms with E-state index in [1.165, 1.54) is 22.3 Å². The van der Waals surface area contributed by atoms with Crippen LogP contribution in [0.5, 0.6) is 0 Å². The monoisotopic (exact) mass is 319 g/mol. The summed E-state index contributed by atoms with van der Waals surface area (Å²) in [6.07, 6.45) is 0. The molecule has 0 atom stereocenters. The van der Waals surface area contributed by atoms with Crippen molar-refractivity contribution in [3.8, 4) is 0 Å². The second-order valence-electron chi connectivity index (χ2n) is 3.89. The number of benzene rings is 2. The van der Waals surface area contributed by atoms with Gasteiger partial charge in [0.25, 0.3) is 0 Å². The van der Waals surface area contributed by atoms with Crippen LogP contribution < -0.4 is 5.32 Å². The maximum Gasteiger partial charge on any atom is 0.0946 e. The number of anilines is 1. The first-order valence-corrected chi connectivity index (χ1v) is 7.14. The van der Waals surface area contributed by atoms with Crippen LogP contribution in [0.4, 0.5) is 5.69 Å². The fourth-order valence-corrected chi connectivity index (χ4v) is 2.79. The molecule has 0 aliphatic rings. The second kappa shape index (κ2) is 5.04. The Morgan fingerprint density at radius 3 is 2.72 bits per heavy atom. The molecular weight excluding hydrogens is 310 g/mol. The summed E-state index contributed by atoms with van der Waals surface area (Å²) in [6, 6.07) is 12.4. The molecule has 0 aliphatic carbocycles. The summed E-state index contributed by atoms with van der Waals surface area (Å²) in [6.45, 7) is 0.697. The average molecular weight is 320 g/mol. The largest absolute Gasteiger partial charge is 0.379 e. The Kier molecular flexibility index (Phi) is 3.25. The molecule has 0 aliphatic heterocycles. The van der Waals surface area contributed by atoms with Gasteiger partial charge in [-0.1, -0.05) is 44.7 Å². The smallest absolute Gasteiger partial charge is 0.0946 e. The van der Waals surface area contributed by atoms with Crippen LogP contribution >= 0.6 is 27.5 Å². The molecule has 0 saturated heterocycles. The van der Waals surface area contributed by atoms with Gasteiger partial charge in [-0.2, -0.15) is 0 Å². The molecule has 0 bridgehead atoms. The van der Waals surface area contributed by atoms with E-state index >= 15 is 0 Å². The molecule has 5 heteroatoms. The molecule has 1 N–H and O–H groups in total. The predicted octanol–water partition coefficient (Wildman–Crippen LogP) is 4.07. The van der Waals surface area contributed by atoms with Crippen LogP contribution in [-0.2, 0) is 6.54 Å². The van der Waals surface area contributed by atoms with Crippen LogP contribution in [-0.4, -0.2) is 9.59 Å². The van der Waals surface area contributed by atoms with Crippen LogP contribution in [0.1, 0.15) is 5.69 Å². The maximum absolute atomic E-state index is 4.03. The van der Waals surface area contributed by atoms with Gasteiger partial charge >= 0.3 is 0 Å². The Hall–Kier alpha value is -1.46.